The SMILES string of the molecule is Cc1ccc(-c2ccc(C(F)(F)F)cc2Oc2nn3c(Cl)nnc3c3ccccc23)cn1. The lowest BCUT2D eigenvalue weighted by molar-refractivity contribution is -0.137. The summed E-state index contributed by atoms with van der Waals surface area (Å²) in [6, 6.07) is 13.9. The second-order valence-electron chi connectivity index (χ2n) is 7.05. The summed E-state index contributed by atoms with van der Waals surface area (Å²) in [7, 11) is 0. The molecule has 0 N–H and O–H groups in total. The van der Waals surface area contributed by atoms with Crippen LogP contribution in [0.3, 0.4) is 0 Å². The number of aryl methyl sites for hydroxylation is 1. The molecule has 32 heavy (non-hydrogen) atoms. The van der Waals surface area contributed by atoms with Crippen LogP contribution in [0.5, 0.6) is 11.6 Å². The number of aromatic nitrogens is 5. The summed E-state index contributed by atoms with van der Waals surface area (Å²) in [4.78, 5) is 4.24. The molecule has 0 spiro atoms. The van der Waals surface area contributed by atoms with Crippen LogP contribution < -0.4 is 4.74 Å². The highest BCUT2D eigenvalue weighted by atomic mass is 35.5. The van der Waals surface area contributed by atoms with E-state index >= 15 is 0 Å². The zero-order valence-corrected chi connectivity index (χ0v) is 17.2. The molecule has 160 valence electrons. The fourth-order valence-corrected chi connectivity index (χ4v) is 3.51. The predicted molar refractivity (Wildman–Crippen MR) is 113 cm³/mol. The summed E-state index contributed by atoms with van der Waals surface area (Å²) >= 11 is 6.09. The van der Waals surface area contributed by atoms with E-state index < -0.39 is 11.7 Å². The molecule has 0 amide bonds. The highest BCUT2D eigenvalue weighted by Gasteiger charge is 2.31. The molecular formula is C22H13ClF3N5O. The topological polar surface area (TPSA) is 65.2 Å². The molecule has 10 heteroatoms. The molecule has 0 atom stereocenters. The third-order valence-corrected chi connectivity index (χ3v) is 5.17. The molecule has 5 rings (SSSR count). The van der Waals surface area contributed by atoms with E-state index in [0.717, 1.165) is 17.8 Å². The summed E-state index contributed by atoms with van der Waals surface area (Å²) in [6.45, 7) is 1.82. The number of ether oxygens (including phenoxy) is 1. The van der Waals surface area contributed by atoms with Gasteiger partial charge in [0, 0.05) is 33.8 Å². The van der Waals surface area contributed by atoms with Gasteiger partial charge in [-0.05, 0) is 48.9 Å². The van der Waals surface area contributed by atoms with Crippen molar-refractivity contribution in [3.8, 4) is 22.8 Å². The number of pyridine rings is 1. The van der Waals surface area contributed by atoms with Gasteiger partial charge < -0.3 is 4.74 Å². The van der Waals surface area contributed by atoms with Crippen LogP contribution in [0.2, 0.25) is 5.28 Å². The van der Waals surface area contributed by atoms with Gasteiger partial charge in [-0.1, -0.05) is 24.3 Å². The standard InChI is InChI=1S/C22H13ClF3N5O/c1-12-6-7-13(11-27-12)15-9-8-14(22(24,25)26)10-18(15)32-20-17-5-3-2-4-16(17)19-28-29-21(23)31(19)30-20/h2-11H,1H3. The van der Waals surface area contributed by atoms with E-state index in [-0.39, 0.29) is 16.9 Å². The molecule has 0 aliphatic carbocycles. The number of rotatable bonds is 3. The molecule has 0 unspecified atom stereocenters. The zero-order chi connectivity index (χ0) is 22.5. The van der Waals surface area contributed by atoms with Crippen molar-refractivity contribution in [1.29, 1.82) is 0 Å². The quantitative estimate of drug-likeness (QED) is 0.328. The second-order valence-corrected chi connectivity index (χ2v) is 7.39. The number of fused-ring (bicyclic) bond motifs is 3. The molecule has 5 aromatic rings. The first-order chi connectivity index (χ1) is 15.3. The Morgan fingerprint density at radius 2 is 1.75 bits per heavy atom. The minimum absolute atomic E-state index is 0.00241. The Hall–Kier alpha value is -3.72. The Kier molecular flexibility index (Phi) is 4.70. The lowest BCUT2D eigenvalue weighted by atomic mass is 10.0. The predicted octanol–water partition coefficient (Wildman–Crippen LogP) is 6.11. The average Bonchev–Trinajstić information content (AvgIpc) is 3.15. The van der Waals surface area contributed by atoms with Gasteiger partial charge in [0.2, 0.25) is 11.2 Å². The van der Waals surface area contributed by atoms with E-state index in [2.05, 4.69) is 20.3 Å². The Morgan fingerprint density at radius 1 is 0.969 bits per heavy atom. The van der Waals surface area contributed by atoms with Crippen LogP contribution in [0.25, 0.3) is 27.5 Å². The van der Waals surface area contributed by atoms with Gasteiger partial charge in [-0.2, -0.15) is 17.7 Å². The minimum Gasteiger partial charge on any atom is -0.436 e. The Morgan fingerprint density at radius 3 is 2.47 bits per heavy atom. The molecule has 0 bridgehead atoms. The molecule has 0 saturated carbocycles. The largest absolute Gasteiger partial charge is 0.436 e. The Balaban J connectivity index is 1.73. The van der Waals surface area contributed by atoms with Crippen molar-refractivity contribution in [1.82, 2.24) is 24.8 Å². The van der Waals surface area contributed by atoms with Gasteiger partial charge in [0.05, 0.1) is 5.56 Å². The highest BCUT2D eigenvalue weighted by Crippen LogP contribution is 2.40. The van der Waals surface area contributed by atoms with Crippen molar-refractivity contribution in [2.75, 3.05) is 0 Å². The molecule has 6 nitrogen and oxygen atoms in total. The van der Waals surface area contributed by atoms with Crippen molar-refractivity contribution < 1.29 is 17.9 Å². The van der Waals surface area contributed by atoms with Crippen molar-refractivity contribution in [3.05, 3.63) is 77.3 Å². The minimum atomic E-state index is -4.54. The first kappa shape index (κ1) is 20.2. The molecule has 3 heterocycles. The van der Waals surface area contributed by atoms with Gasteiger partial charge in [0.1, 0.15) is 5.75 Å². The molecule has 2 aromatic carbocycles. The Bertz CT molecular complexity index is 1460. The summed E-state index contributed by atoms with van der Waals surface area (Å²) in [6.07, 6.45) is -2.96. The summed E-state index contributed by atoms with van der Waals surface area (Å²) in [5.74, 6) is 0.0436. The fraction of sp³-hybridized carbons (Fsp3) is 0.0909. The normalized spacial score (nSPS) is 11.9. The van der Waals surface area contributed by atoms with Gasteiger partial charge in [0.15, 0.2) is 5.65 Å². The number of alkyl halides is 3. The van der Waals surface area contributed by atoms with Gasteiger partial charge in [-0.25, -0.2) is 0 Å². The van der Waals surface area contributed by atoms with Crippen LogP contribution in [0.1, 0.15) is 11.3 Å². The van der Waals surface area contributed by atoms with Crippen LogP contribution in [0, 0.1) is 6.92 Å². The molecule has 0 aliphatic heterocycles. The number of benzene rings is 2. The van der Waals surface area contributed by atoms with Crippen molar-refractivity contribution in [2.45, 2.75) is 13.1 Å². The summed E-state index contributed by atoms with van der Waals surface area (Å²) < 4.78 is 47.6. The van der Waals surface area contributed by atoms with Crippen LogP contribution >= 0.6 is 11.6 Å². The zero-order valence-electron chi connectivity index (χ0n) is 16.4. The smallest absolute Gasteiger partial charge is 0.416 e. The maximum atomic E-state index is 13.4. The fourth-order valence-electron chi connectivity index (χ4n) is 3.35. The van der Waals surface area contributed by atoms with Crippen LogP contribution in [-0.4, -0.2) is 24.8 Å². The molecule has 0 fully saturated rings. The Labute approximate surface area is 184 Å². The van der Waals surface area contributed by atoms with Gasteiger partial charge in [0.25, 0.3) is 0 Å². The molecule has 3 aromatic heterocycles. The van der Waals surface area contributed by atoms with Crippen LogP contribution in [-0.2, 0) is 6.18 Å². The molecule has 0 saturated heterocycles. The van der Waals surface area contributed by atoms with Crippen molar-refractivity contribution in [3.63, 3.8) is 0 Å². The van der Waals surface area contributed by atoms with E-state index in [1.54, 1.807) is 42.6 Å². The van der Waals surface area contributed by atoms with Crippen LogP contribution in [0.15, 0.2) is 60.8 Å². The summed E-state index contributed by atoms with van der Waals surface area (Å²) in [5, 5.41) is 13.4. The van der Waals surface area contributed by atoms with E-state index in [4.69, 9.17) is 16.3 Å². The van der Waals surface area contributed by atoms with E-state index in [9.17, 15) is 13.2 Å². The second kappa shape index (κ2) is 7.45. The highest BCUT2D eigenvalue weighted by molar-refractivity contribution is 6.28. The van der Waals surface area contributed by atoms with E-state index in [0.29, 0.717) is 27.5 Å². The molecule has 0 radical (unpaired) electrons. The first-order valence-corrected chi connectivity index (χ1v) is 9.81. The van der Waals surface area contributed by atoms with Gasteiger partial charge in [-0.3, -0.25) is 4.98 Å². The van der Waals surface area contributed by atoms with Gasteiger partial charge in [-0.15, -0.1) is 15.3 Å². The number of hydrogen-bond donors (Lipinski definition) is 0. The van der Waals surface area contributed by atoms with Gasteiger partial charge >= 0.3 is 6.18 Å². The van der Waals surface area contributed by atoms with Crippen molar-refractivity contribution in [2.24, 2.45) is 0 Å². The number of halogens is 4. The average molecular weight is 456 g/mol. The van der Waals surface area contributed by atoms with Crippen LogP contribution in [0.4, 0.5) is 13.2 Å². The maximum Gasteiger partial charge on any atom is 0.416 e. The van der Waals surface area contributed by atoms with Crippen molar-refractivity contribution >= 4 is 28.0 Å². The van der Waals surface area contributed by atoms with E-state index in [1.807, 2.05) is 6.92 Å². The number of nitrogens with zero attached hydrogens (tertiary/aromatic N) is 5. The molecular weight excluding hydrogens is 443 g/mol. The first-order valence-electron chi connectivity index (χ1n) is 9.43. The van der Waals surface area contributed by atoms with E-state index in [1.165, 1.54) is 10.6 Å². The molecule has 0 aliphatic rings. The maximum absolute atomic E-state index is 13.4. The lowest BCUT2D eigenvalue weighted by Crippen LogP contribution is -2.06. The number of hydrogen-bond acceptors (Lipinski definition) is 5. The monoisotopic (exact) mass is 455 g/mol. The third kappa shape index (κ3) is 3.50. The lowest BCUT2D eigenvalue weighted by Gasteiger charge is -2.15. The summed E-state index contributed by atoms with van der Waals surface area (Å²) in [5.41, 5.74) is 1.39. The third-order valence-electron chi connectivity index (χ3n) is 4.93.